The van der Waals surface area contributed by atoms with Gasteiger partial charge in [-0.1, -0.05) is 6.07 Å². The zero-order valence-corrected chi connectivity index (χ0v) is 10.7. The van der Waals surface area contributed by atoms with Crippen molar-refractivity contribution in [2.45, 2.75) is 26.3 Å². The van der Waals surface area contributed by atoms with Crippen molar-refractivity contribution in [3.8, 4) is 11.5 Å². The SMILES string of the molecule is CC(C)(C)[N+]([O-])=Cc1c[nH]c(-c2ccccn2)n1. The Bertz CT molecular complexity index is 552. The van der Waals surface area contributed by atoms with Crippen molar-refractivity contribution in [2.24, 2.45) is 0 Å². The van der Waals surface area contributed by atoms with Gasteiger partial charge < -0.3 is 10.2 Å². The molecule has 2 aromatic heterocycles. The van der Waals surface area contributed by atoms with Crippen LogP contribution in [0.1, 0.15) is 26.5 Å². The zero-order chi connectivity index (χ0) is 13.2. The molecule has 0 aliphatic rings. The predicted octanol–water partition coefficient (Wildman–Crippen LogP) is 2.20. The van der Waals surface area contributed by atoms with E-state index in [-0.39, 0.29) is 0 Å². The molecule has 0 unspecified atom stereocenters. The summed E-state index contributed by atoms with van der Waals surface area (Å²) < 4.78 is 0.894. The molecule has 2 rings (SSSR count). The standard InChI is InChI=1S/C13H16N4O/c1-13(2,3)17(18)9-10-8-15-12(16-10)11-6-4-5-7-14-11/h4-9H,1-3H3,(H,15,16). The minimum absolute atomic E-state index is 0.468. The first kappa shape index (κ1) is 12.3. The maximum Gasteiger partial charge on any atom is 0.202 e. The Morgan fingerprint density at radius 3 is 2.72 bits per heavy atom. The molecule has 0 amide bonds. The number of nitrogens with zero attached hydrogens (tertiary/aromatic N) is 3. The molecule has 0 aliphatic heterocycles. The molecule has 2 aromatic rings. The van der Waals surface area contributed by atoms with E-state index in [9.17, 15) is 5.21 Å². The summed E-state index contributed by atoms with van der Waals surface area (Å²) in [5.41, 5.74) is 0.885. The lowest BCUT2D eigenvalue weighted by Crippen LogP contribution is -2.29. The number of H-pyrrole nitrogens is 1. The van der Waals surface area contributed by atoms with Gasteiger partial charge >= 0.3 is 0 Å². The number of hydrogen-bond acceptors (Lipinski definition) is 3. The number of rotatable bonds is 2. The molecule has 0 radical (unpaired) electrons. The van der Waals surface area contributed by atoms with Crippen molar-refractivity contribution in [3.05, 3.63) is 41.5 Å². The van der Waals surface area contributed by atoms with Crippen molar-refractivity contribution in [1.82, 2.24) is 15.0 Å². The summed E-state index contributed by atoms with van der Waals surface area (Å²) >= 11 is 0. The van der Waals surface area contributed by atoms with Gasteiger partial charge in [-0.25, -0.2) is 9.72 Å². The molecule has 0 fully saturated rings. The van der Waals surface area contributed by atoms with Crippen LogP contribution in [0, 0.1) is 5.21 Å². The topological polar surface area (TPSA) is 67.6 Å². The zero-order valence-electron chi connectivity index (χ0n) is 10.7. The van der Waals surface area contributed by atoms with Crippen molar-refractivity contribution < 1.29 is 4.74 Å². The fourth-order valence-electron chi connectivity index (χ4n) is 1.35. The summed E-state index contributed by atoms with van der Waals surface area (Å²) in [6.45, 7) is 5.55. The first-order chi connectivity index (χ1) is 8.47. The minimum atomic E-state index is -0.468. The van der Waals surface area contributed by atoms with Crippen molar-refractivity contribution in [1.29, 1.82) is 0 Å². The Hall–Kier alpha value is -2.17. The first-order valence-corrected chi connectivity index (χ1v) is 5.75. The fraction of sp³-hybridized carbons (Fsp3) is 0.308. The largest absolute Gasteiger partial charge is 0.623 e. The summed E-state index contributed by atoms with van der Waals surface area (Å²) in [6.07, 6.45) is 4.87. The highest BCUT2D eigenvalue weighted by atomic mass is 16.5. The molecule has 0 saturated carbocycles. The van der Waals surface area contributed by atoms with Gasteiger partial charge in [0.1, 0.15) is 11.4 Å². The first-order valence-electron chi connectivity index (χ1n) is 5.75. The highest BCUT2D eigenvalue weighted by molar-refractivity contribution is 5.73. The third kappa shape index (κ3) is 2.74. The van der Waals surface area contributed by atoms with Gasteiger partial charge in [0.05, 0.1) is 0 Å². The molecular weight excluding hydrogens is 228 g/mol. The minimum Gasteiger partial charge on any atom is -0.623 e. The number of imidazole rings is 1. The maximum absolute atomic E-state index is 11.8. The van der Waals surface area contributed by atoms with E-state index in [0.29, 0.717) is 11.5 Å². The average molecular weight is 244 g/mol. The molecule has 0 saturated heterocycles. The number of pyridine rings is 1. The van der Waals surface area contributed by atoms with Gasteiger partial charge in [0, 0.05) is 33.2 Å². The lowest BCUT2D eigenvalue weighted by molar-refractivity contribution is -0.530. The number of hydrogen-bond donors (Lipinski definition) is 1. The van der Waals surface area contributed by atoms with Crippen LogP contribution in [0.5, 0.6) is 0 Å². The second-order valence-corrected chi connectivity index (χ2v) is 5.01. The Balaban J connectivity index is 2.27. The van der Waals surface area contributed by atoms with Crippen LogP contribution in [0.2, 0.25) is 0 Å². The molecule has 5 nitrogen and oxygen atoms in total. The van der Waals surface area contributed by atoms with Crippen LogP contribution in [0.4, 0.5) is 0 Å². The molecule has 0 aliphatic carbocycles. The summed E-state index contributed by atoms with van der Waals surface area (Å²) in [4.78, 5) is 11.5. The van der Waals surface area contributed by atoms with Gasteiger partial charge in [0.2, 0.25) is 6.21 Å². The van der Waals surface area contributed by atoms with Gasteiger partial charge in [0.25, 0.3) is 0 Å². The van der Waals surface area contributed by atoms with Crippen LogP contribution in [-0.4, -0.2) is 31.4 Å². The van der Waals surface area contributed by atoms with E-state index in [0.717, 1.165) is 10.4 Å². The third-order valence-corrected chi connectivity index (χ3v) is 2.42. The molecule has 1 N–H and O–H groups in total. The number of nitrogens with one attached hydrogen (secondary N) is 1. The number of aromatic nitrogens is 3. The van der Waals surface area contributed by atoms with Gasteiger partial charge in [0.15, 0.2) is 11.4 Å². The third-order valence-electron chi connectivity index (χ3n) is 2.42. The molecule has 5 heteroatoms. The van der Waals surface area contributed by atoms with Crippen LogP contribution in [0.3, 0.4) is 0 Å². The van der Waals surface area contributed by atoms with Crippen LogP contribution >= 0.6 is 0 Å². The Morgan fingerprint density at radius 1 is 1.33 bits per heavy atom. The Labute approximate surface area is 106 Å². The molecular formula is C13H16N4O. The van der Waals surface area contributed by atoms with E-state index < -0.39 is 5.54 Å². The van der Waals surface area contributed by atoms with E-state index in [2.05, 4.69) is 15.0 Å². The second kappa shape index (κ2) is 4.60. The highest BCUT2D eigenvalue weighted by Crippen LogP contribution is 2.11. The van der Waals surface area contributed by atoms with E-state index in [1.54, 1.807) is 12.4 Å². The van der Waals surface area contributed by atoms with Crippen molar-refractivity contribution in [2.75, 3.05) is 0 Å². The van der Waals surface area contributed by atoms with Crippen LogP contribution < -0.4 is 0 Å². The van der Waals surface area contributed by atoms with E-state index in [4.69, 9.17) is 0 Å². The van der Waals surface area contributed by atoms with Gasteiger partial charge in [-0.3, -0.25) is 4.98 Å². The van der Waals surface area contributed by atoms with Crippen molar-refractivity contribution >= 4 is 6.21 Å². The molecule has 0 spiro atoms. The summed E-state index contributed by atoms with van der Waals surface area (Å²) in [5, 5.41) is 11.8. The van der Waals surface area contributed by atoms with E-state index in [1.165, 1.54) is 6.21 Å². The summed E-state index contributed by atoms with van der Waals surface area (Å²) in [5.74, 6) is 0.657. The monoisotopic (exact) mass is 244 g/mol. The molecule has 0 atom stereocenters. The Morgan fingerprint density at radius 2 is 2.11 bits per heavy atom. The lowest BCUT2D eigenvalue weighted by atomic mass is 10.1. The normalized spacial score (nSPS) is 12.7. The number of aromatic amines is 1. The van der Waals surface area contributed by atoms with Gasteiger partial charge in [-0.05, 0) is 12.1 Å². The highest BCUT2D eigenvalue weighted by Gasteiger charge is 2.18. The second-order valence-electron chi connectivity index (χ2n) is 5.01. The van der Waals surface area contributed by atoms with Crippen molar-refractivity contribution in [3.63, 3.8) is 0 Å². The molecule has 0 bridgehead atoms. The van der Waals surface area contributed by atoms with E-state index in [1.807, 2.05) is 39.0 Å². The smallest absolute Gasteiger partial charge is 0.202 e. The van der Waals surface area contributed by atoms with Crippen LogP contribution in [-0.2, 0) is 0 Å². The lowest BCUT2D eigenvalue weighted by Gasteiger charge is -2.17. The predicted molar refractivity (Wildman–Crippen MR) is 70.4 cm³/mol. The fourth-order valence-corrected chi connectivity index (χ4v) is 1.35. The van der Waals surface area contributed by atoms with E-state index >= 15 is 0 Å². The number of hydroxylamine groups is 1. The average Bonchev–Trinajstić information content (AvgIpc) is 2.77. The summed E-state index contributed by atoms with van der Waals surface area (Å²) in [7, 11) is 0. The molecule has 18 heavy (non-hydrogen) atoms. The maximum atomic E-state index is 11.8. The van der Waals surface area contributed by atoms with Crippen LogP contribution in [0.15, 0.2) is 30.6 Å². The summed E-state index contributed by atoms with van der Waals surface area (Å²) in [6, 6.07) is 5.60. The van der Waals surface area contributed by atoms with Gasteiger partial charge in [-0.15, -0.1) is 0 Å². The molecule has 2 heterocycles. The van der Waals surface area contributed by atoms with Crippen LogP contribution in [0.25, 0.3) is 11.5 Å². The quantitative estimate of drug-likeness (QED) is 0.381. The Kier molecular flexibility index (Phi) is 3.14. The molecule has 94 valence electrons. The molecule has 0 aromatic carbocycles. The van der Waals surface area contributed by atoms with Gasteiger partial charge in [-0.2, -0.15) is 0 Å².